The average molecular weight is 312 g/mol. The van der Waals surface area contributed by atoms with Crippen molar-refractivity contribution in [2.45, 2.75) is 51.0 Å². The summed E-state index contributed by atoms with van der Waals surface area (Å²) in [6.45, 7) is 2.25. The molecule has 0 spiro atoms. The molecule has 2 atom stereocenters. The van der Waals surface area contributed by atoms with Crippen molar-refractivity contribution in [1.29, 1.82) is 0 Å². The number of likely N-dealkylation sites (tertiary alicyclic amines) is 1. The number of piperidine rings is 1. The van der Waals surface area contributed by atoms with E-state index in [0.29, 0.717) is 13.1 Å². The van der Waals surface area contributed by atoms with Crippen molar-refractivity contribution in [2.75, 3.05) is 26.2 Å². The van der Waals surface area contributed by atoms with Gasteiger partial charge in [0.15, 0.2) is 0 Å². The van der Waals surface area contributed by atoms with Crippen LogP contribution in [-0.2, 0) is 9.59 Å². The SMILES string of the molecule is O=C(O)CC1CC(NCC2CCCCC2)CN(CC(=O)O)C1. The quantitative estimate of drug-likeness (QED) is 0.658. The first-order chi connectivity index (χ1) is 10.5. The highest BCUT2D eigenvalue weighted by molar-refractivity contribution is 5.69. The van der Waals surface area contributed by atoms with Gasteiger partial charge in [0.25, 0.3) is 0 Å². The Morgan fingerprint density at radius 3 is 2.36 bits per heavy atom. The molecule has 3 N–H and O–H groups in total. The smallest absolute Gasteiger partial charge is 0.317 e. The normalized spacial score (nSPS) is 27.6. The Morgan fingerprint density at radius 1 is 1.00 bits per heavy atom. The third-order valence-corrected chi connectivity index (χ3v) is 4.85. The Bertz CT molecular complexity index is 358. The number of aliphatic carboxylic acids is 2. The van der Waals surface area contributed by atoms with Crippen LogP contribution in [-0.4, -0.2) is 59.3 Å². The monoisotopic (exact) mass is 312 g/mol. The maximum absolute atomic E-state index is 11.0. The lowest BCUT2D eigenvalue weighted by molar-refractivity contribution is -0.139. The number of rotatable bonds is 7. The van der Waals surface area contributed by atoms with E-state index in [0.717, 1.165) is 18.9 Å². The number of carbonyl (C=O) groups is 2. The Kier molecular flexibility index (Phi) is 6.64. The molecule has 126 valence electrons. The molecule has 2 aliphatic rings. The molecule has 0 aromatic rings. The molecule has 0 amide bonds. The van der Waals surface area contributed by atoms with E-state index in [1.807, 2.05) is 4.90 Å². The predicted molar refractivity (Wildman–Crippen MR) is 82.8 cm³/mol. The molecular formula is C16H28N2O4. The summed E-state index contributed by atoms with van der Waals surface area (Å²) in [6, 6.07) is 0.208. The van der Waals surface area contributed by atoms with Gasteiger partial charge in [-0.3, -0.25) is 14.5 Å². The van der Waals surface area contributed by atoms with Gasteiger partial charge in [0.1, 0.15) is 0 Å². The Morgan fingerprint density at radius 2 is 1.73 bits per heavy atom. The first kappa shape index (κ1) is 17.2. The van der Waals surface area contributed by atoms with E-state index < -0.39 is 11.9 Å². The lowest BCUT2D eigenvalue weighted by Gasteiger charge is -2.37. The number of hydrogen-bond acceptors (Lipinski definition) is 4. The van der Waals surface area contributed by atoms with Crippen LogP contribution in [0.15, 0.2) is 0 Å². The van der Waals surface area contributed by atoms with Gasteiger partial charge in [-0.15, -0.1) is 0 Å². The van der Waals surface area contributed by atoms with Gasteiger partial charge in [-0.1, -0.05) is 19.3 Å². The molecule has 1 aliphatic carbocycles. The van der Waals surface area contributed by atoms with Crippen molar-refractivity contribution < 1.29 is 19.8 Å². The zero-order valence-electron chi connectivity index (χ0n) is 13.2. The van der Waals surface area contributed by atoms with Gasteiger partial charge in [0, 0.05) is 25.6 Å². The summed E-state index contributed by atoms with van der Waals surface area (Å²) < 4.78 is 0. The molecule has 2 unspecified atom stereocenters. The third kappa shape index (κ3) is 5.93. The molecule has 0 aromatic heterocycles. The van der Waals surface area contributed by atoms with Crippen LogP contribution in [0.5, 0.6) is 0 Å². The molecule has 0 bridgehead atoms. The topological polar surface area (TPSA) is 89.9 Å². The van der Waals surface area contributed by atoms with Gasteiger partial charge in [0.2, 0.25) is 0 Å². The largest absolute Gasteiger partial charge is 0.481 e. The van der Waals surface area contributed by atoms with E-state index in [2.05, 4.69) is 5.32 Å². The molecule has 6 nitrogen and oxygen atoms in total. The molecular weight excluding hydrogens is 284 g/mol. The first-order valence-corrected chi connectivity index (χ1v) is 8.42. The number of hydrogen-bond donors (Lipinski definition) is 3. The number of carboxylic acids is 2. The second-order valence-corrected chi connectivity index (χ2v) is 6.90. The van der Waals surface area contributed by atoms with Gasteiger partial charge >= 0.3 is 11.9 Å². The lowest BCUT2D eigenvalue weighted by atomic mass is 9.88. The maximum Gasteiger partial charge on any atom is 0.317 e. The average Bonchev–Trinajstić information content (AvgIpc) is 2.44. The second-order valence-electron chi connectivity index (χ2n) is 6.90. The molecule has 1 saturated heterocycles. The van der Waals surface area contributed by atoms with Gasteiger partial charge in [-0.25, -0.2) is 0 Å². The molecule has 22 heavy (non-hydrogen) atoms. The molecule has 6 heteroatoms. The molecule has 1 saturated carbocycles. The standard InChI is InChI=1S/C16H28N2O4/c19-15(20)7-13-6-14(10-18(9-13)11-16(21)22)17-8-12-4-2-1-3-5-12/h12-14,17H,1-11H2,(H,19,20)(H,21,22). The van der Waals surface area contributed by atoms with E-state index >= 15 is 0 Å². The molecule has 0 aromatic carbocycles. The number of nitrogens with zero attached hydrogens (tertiary/aromatic N) is 1. The summed E-state index contributed by atoms with van der Waals surface area (Å²) in [6.07, 6.45) is 7.46. The first-order valence-electron chi connectivity index (χ1n) is 8.42. The summed E-state index contributed by atoms with van der Waals surface area (Å²) in [5, 5.41) is 21.5. The third-order valence-electron chi connectivity index (χ3n) is 4.85. The van der Waals surface area contributed by atoms with Crippen LogP contribution in [0.3, 0.4) is 0 Å². The van der Waals surface area contributed by atoms with Crippen LogP contribution in [0, 0.1) is 11.8 Å². The van der Waals surface area contributed by atoms with Crippen LogP contribution in [0.4, 0.5) is 0 Å². The molecule has 2 rings (SSSR count). The minimum Gasteiger partial charge on any atom is -0.481 e. The summed E-state index contributed by atoms with van der Waals surface area (Å²) in [4.78, 5) is 23.8. The Labute approximate surface area is 131 Å². The number of carboxylic acid groups (broad SMARTS) is 2. The second kappa shape index (κ2) is 8.48. The van der Waals surface area contributed by atoms with E-state index in [1.165, 1.54) is 32.1 Å². The van der Waals surface area contributed by atoms with E-state index in [-0.39, 0.29) is 24.9 Å². The summed E-state index contributed by atoms with van der Waals surface area (Å²) in [7, 11) is 0. The molecule has 1 aliphatic heterocycles. The van der Waals surface area contributed by atoms with Crippen molar-refractivity contribution in [2.24, 2.45) is 11.8 Å². The van der Waals surface area contributed by atoms with Crippen LogP contribution in [0.1, 0.15) is 44.9 Å². The molecule has 2 fully saturated rings. The van der Waals surface area contributed by atoms with E-state index in [9.17, 15) is 9.59 Å². The van der Waals surface area contributed by atoms with Gasteiger partial charge in [-0.2, -0.15) is 0 Å². The van der Waals surface area contributed by atoms with Crippen molar-refractivity contribution in [3.63, 3.8) is 0 Å². The van der Waals surface area contributed by atoms with Crippen LogP contribution < -0.4 is 5.32 Å². The Balaban J connectivity index is 1.83. The highest BCUT2D eigenvalue weighted by Gasteiger charge is 2.29. The van der Waals surface area contributed by atoms with Crippen molar-refractivity contribution in [1.82, 2.24) is 10.2 Å². The zero-order valence-corrected chi connectivity index (χ0v) is 13.2. The minimum absolute atomic E-state index is 0.00225. The highest BCUT2D eigenvalue weighted by atomic mass is 16.4. The van der Waals surface area contributed by atoms with Crippen molar-refractivity contribution in [3.05, 3.63) is 0 Å². The fraction of sp³-hybridized carbons (Fsp3) is 0.875. The van der Waals surface area contributed by atoms with E-state index in [1.54, 1.807) is 0 Å². The maximum atomic E-state index is 11.0. The van der Waals surface area contributed by atoms with Gasteiger partial charge < -0.3 is 15.5 Å². The van der Waals surface area contributed by atoms with Crippen LogP contribution in [0.25, 0.3) is 0 Å². The summed E-state index contributed by atoms with van der Waals surface area (Å²) in [5.74, 6) is -0.883. The highest BCUT2D eigenvalue weighted by Crippen LogP contribution is 2.24. The fourth-order valence-corrected chi connectivity index (χ4v) is 3.89. The van der Waals surface area contributed by atoms with E-state index in [4.69, 9.17) is 10.2 Å². The van der Waals surface area contributed by atoms with Gasteiger partial charge in [-0.05, 0) is 37.6 Å². The minimum atomic E-state index is -0.845. The van der Waals surface area contributed by atoms with Crippen molar-refractivity contribution >= 4 is 11.9 Å². The summed E-state index contributed by atoms with van der Waals surface area (Å²) >= 11 is 0. The molecule has 0 radical (unpaired) electrons. The summed E-state index contributed by atoms with van der Waals surface area (Å²) in [5.41, 5.74) is 0. The predicted octanol–water partition coefficient (Wildman–Crippen LogP) is 1.41. The van der Waals surface area contributed by atoms with Crippen LogP contribution in [0.2, 0.25) is 0 Å². The fourth-order valence-electron chi connectivity index (χ4n) is 3.89. The molecule has 1 heterocycles. The van der Waals surface area contributed by atoms with Crippen LogP contribution >= 0.6 is 0 Å². The number of nitrogens with one attached hydrogen (secondary N) is 1. The Hall–Kier alpha value is -1.14. The lowest BCUT2D eigenvalue weighted by Crippen LogP contribution is -2.51. The van der Waals surface area contributed by atoms with Crippen molar-refractivity contribution in [3.8, 4) is 0 Å². The van der Waals surface area contributed by atoms with Gasteiger partial charge in [0.05, 0.1) is 6.54 Å². The zero-order chi connectivity index (χ0) is 15.9.